The molecule has 0 aliphatic carbocycles. The van der Waals surface area contributed by atoms with E-state index in [4.69, 9.17) is 0 Å². The van der Waals surface area contributed by atoms with Crippen molar-refractivity contribution in [2.24, 2.45) is 5.92 Å². The van der Waals surface area contributed by atoms with E-state index in [1.54, 1.807) is 20.5 Å². The van der Waals surface area contributed by atoms with E-state index in [-0.39, 0.29) is 18.4 Å². The Hall–Kier alpha value is -5.38. The summed E-state index contributed by atoms with van der Waals surface area (Å²) in [6, 6.07) is 32.3. The number of amides is 2. The van der Waals surface area contributed by atoms with E-state index < -0.39 is 17.4 Å². The summed E-state index contributed by atoms with van der Waals surface area (Å²) < 4.78 is 1.73. The Morgan fingerprint density at radius 2 is 1.58 bits per heavy atom. The topological polar surface area (TPSA) is 112 Å². The maximum atomic E-state index is 14.3. The molecule has 0 spiro atoms. The highest BCUT2D eigenvalue weighted by molar-refractivity contribution is 6.13. The molecule has 4 aromatic carbocycles. The maximum Gasteiger partial charge on any atom is 0.268 e. The van der Waals surface area contributed by atoms with Gasteiger partial charge >= 0.3 is 0 Å². The Balaban J connectivity index is 1.16. The predicted molar refractivity (Wildman–Crippen MR) is 184 cm³/mol. The summed E-state index contributed by atoms with van der Waals surface area (Å²) in [6.45, 7) is 2.29. The van der Waals surface area contributed by atoms with Gasteiger partial charge in [0.25, 0.3) is 5.91 Å². The first-order valence-corrected chi connectivity index (χ1v) is 16.3. The fourth-order valence-corrected chi connectivity index (χ4v) is 6.83. The Morgan fingerprint density at radius 1 is 0.854 bits per heavy atom. The number of nitrogens with zero attached hydrogens (tertiary/aromatic N) is 5. The van der Waals surface area contributed by atoms with Gasteiger partial charge in [0.15, 0.2) is 5.60 Å². The van der Waals surface area contributed by atoms with Crippen LogP contribution in [0.15, 0.2) is 121 Å². The smallest absolute Gasteiger partial charge is 0.268 e. The van der Waals surface area contributed by atoms with Crippen LogP contribution in [0.1, 0.15) is 48.1 Å². The Kier molecular flexibility index (Phi) is 8.47. The van der Waals surface area contributed by atoms with Crippen LogP contribution in [0.2, 0.25) is 0 Å². The molecule has 9 nitrogen and oxygen atoms in total. The van der Waals surface area contributed by atoms with Gasteiger partial charge in [-0.1, -0.05) is 91.0 Å². The van der Waals surface area contributed by atoms with Gasteiger partial charge in [0, 0.05) is 42.0 Å². The van der Waals surface area contributed by atoms with E-state index in [9.17, 15) is 19.8 Å². The number of aliphatic hydroxyl groups excluding tert-OH is 1. The van der Waals surface area contributed by atoms with Crippen LogP contribution in [-0.4, -0.2) is 43.6 Å². The van der Waals surface area contributed by atoms with Crippen molar-refractivity contribution < 1.29 is 19.8 Å². The number of para-hydroxylation sites is 2. The molecule has 5 aromatic rings. The summed E-state index contributed by atoms with van der Waals surface area (Å²) in [6.07, 6.45) is 7.29. The zero-order chi connectivity index (χ0) is 33.3. The second kappa shape index (κ2) is 13.0. The Morgan fingerprint density at radius 3 is 2.35 bits per heavy atom. The number of aromatic nitrogens is 3. The molecule has 0 fully saturated rings. The third-order valence-corrected chi connectivity index (χ3v) is 9.43. The van der Waals surface area contributed by atoms with Crippen molar-refractivity contribution in [3.05, 3.63) is 144 Å². The SMILES string of the molecule is C[C@@H](/C=C/CCn1cc(C(CO)c2ccccc2)nn1)[C@]1(O)C(=O)N(c2ccccc2)c2ccc(N3C(=O)CCc4ccccc43)cc21. The predicted octanol–water partition coefficient (Wildman–Crippen LogP) is 6.16. The van der Waals surface area contributed by atoms with E-state index in [2.05, 4.69) is 10.3 Å². The number of aryl methyl sites for hydroxylation is 2. The molecule has 2 aliphatic heterocycles. The van der Waals surface area contributed by atoms with E-state index in [1.807, 2.05) is 122 Å². The molecule has 3 heterocycles. The number of rotatable bonds is 10. The minimum absolute atomic E-state index is 0.0280. The number of anilines is 4. The van der Waals surface area contributed by atoms with Crippen LogP contribution in [0.25, 0.3) is 0 Å². The first kappa shape index (κ1) is 31.2. The second-order valence-electron chi connectivity index (χ2n) is 12.4. The van der Waals surface area contributed by atoms with Crippen LogP contribution in [0.3, 0.4) is 0 Å². The molecule has 0 saturated heterocycles. The zero-order valence-corrected chi connectivity index (χ0v) is 26.7. The van der Waals surface area contributed by atoms with Crippen molar-refractivity contribution in [1.29, 1.82) is 0 Å². The van der Waals surface area contributed by atoms with Gasteiger partial charge in [0.1, 0.15) is 0 Å². The molecule has 9 heteroatoms. The van der Waals surface area contributed by atoms with Crippen molar-refractivity contribution in [1.82, 2.24) is 15.0 Å². The lowest BCUT2D eigenvalue weighted by Crippen LogP contribution is -2.42. The molecular formula is C39H37N5O4. The minimum atomic E-state index is -1.87. The van der Waals surface area contributed by atoms with Crippen molar-refractivity contribution in [2.45, 2.75) is 44.2 Å². The number of carbonyl (C=O) groups excluding carboxylic acids is 2. The molecule has 48 heavy (non-hydrogen) atoms. The summed E-state index contributed by atoms with van der Waals surface area (Å²) in [7, 11) is 0. The van der Waals surface area contributed by atoms with Crippen LogP contribution in [0, 0.1) is 5.92 Å². The van der Waals surface area contributed by atoms with E-state index in [1.165, 1.54) is 0 Å². The van der Waals surface area contributed by atoms with Crippen LogP contribution >= 0.6 is 0 Å². The zero-order valence-electron chi connectivity index (χ0n) is 26.7. The average molecular weight is 640 g/mol. The molecule has 1 aromatic heterocycles. The van der Waals surface area contributed by atoms with Gasteiger partial charge in [-0.05, 0) is 60.4 Å². The molecule has 2 N–H and O–H groups in total. The summed E-state index contributed by atoms with van der Waals surface area (Å²) in [4.78, 5) is 30.8. The van der Waals surface area contributed by atoms with Crippen LogP contribution in [0.4, 0.5) is 22.7 Å². The standard InChI is InChI=1S/C39H37N5O4/c1-27(12-10-11-23-42-25-34(40-41-42)32(26-45)28-13-4-2-5-14-28)39(48)33-24-31(43-35-18-9-8-15-29(35)19-22-37(43)46)20-21-36(33)44(38(39)47)30-16-6-3-7-17-30/h2-10,12-18,20-21,24-25,27,32,45,48H,11,19,22-23,26H2,1H3/b12-10+/t27-,32?,39+/m0/s1. The fraction of sp³-hybridized carbons (Fsp3) is 0.231. The van der Waals surface area contributed by atoms with Gasteiger partial charge in [-0.25, -0.2) is 0 Å². The van der Waals surface area contributed by atoms with Gasteiger partial charge in [-0.2, -0.15) is 0 Å². The second-order valence-corrected chi connectivity index (χ2v) is 12.4. The third-order valence-electron chi connectivity index (χ3n) is 9.43. The van der Waals surface area contributed by atoms with Gasteiger partial charge < -0.3 is 10.2 Å². The highest BCUT2D eigenvalue weighted by Gasteiger charge is 2.53. The Labute approximate surface area is 279 Å². The molecule has 2 aliphatic rings. The quantitative estimate of drug-likeness (QED) is 0.177. The van der Waals surface area contributed by atoms with E-state index >= 15 is 0 Å². The monoisotopic (exact) mass is 639 g/mol. The fourth-order valence-electron chi connectivity index (χ4n) is 6.83. The van der Waals surface area contributed by atoms with Crippen molar-refractivity contribution in [3.8, 4) is 0 Å². The number of hydrogen-bond donors (Lipinski definition) is 2. The number of benzene rings is 4. The van der Waals surface area contributed by atoms with E-state index in [0.717, 1.165) is 16.8 Å². The third kappa shape index (κ3) is 5.51. The number of hydrogen-bond acceptors (Lipinski definition) is 6. The summed E-state index contributed by atoms with van der Waals surface area (Å²) in [5.41, 5.74) is 4.00. The maximum absolute atomic E-state index is 14.3. The minimum Gasteiger partial charge on any atom is -0.395 e. The lowest BCUT2D eigenvalue weighted by atomic mass is 9.82. The molecule has 3 atom stereocenters. The van der Waals surface area contributed by atoms with Crippen molar-refractivity contribution >= 4 is 34.6 Å². The van der Waals surface area contributed by atoms with Crippen molar-refractivity contribution in [2.75, 3.05) is 16.4 Å². The highest BCUT2D eigenvalue weighted by Crippen LogP contribution is 2.50. The normalized spacial score (nSPS) is 18.6. The first-order chi connectivity index (χ1) is 23.4. The largest absolute Gasteiger partial charge is 0.395 e. The van der Waals surface area contributed by atoms with Gasteiger partial charge in [0.05, 0.1) is 29.6 Å². The van der Waals surface area contributed by atoms with Crippen molar-refractivity contribution in [3.63, 3.8) is 0 Å². The molecule has 1 unspecified atom stereocenters. The van der Waals surface area contributed by atoms with E-state index in [0.29, 0.717) is 54.1 Å². The summed E-state index contributed by atoms with van der Waals surface area (Å²) in [5.74, 6) is -1.33. The lowest BCUT2D eigenvalue weighted by molar-refractivity contribution is -0.138. The molecule has 242 valence electrons. The molecule has 2 amide bonds. The van der Waals surface area contributed by atoms with Crippen LogP contribution in [-0.2, 0) is 28.2 Å². The van der Waals surface area contributed by atoms with Crippen LogP contribution < -0.4 is 9.80 Å². The molecular weight excluding hydrogens is 602 g/mol. The summed E-state index contributed by atoms with van der Waals surface area (Å²) >= 11 is 0. The highest BCUT2D eigenvalue weighted by atomic mass is 16.3. The summed E-state index contributed by atoms with van der Waals surface area (Å²) in [5, 5.41) is 31.0. The number of allylic oxidation sites excluding steroid dienone is 1. The molecule has 7 rings (SSSR count). The van der Waals surface area contributed by atoms with Gasteiger partial charge in [-0.3, -0.25) is 24.1 Å². The first-order valence-electron chi connectivity index (χ1n) is 16.3. The molecule has 0 saturated carbocycles. The number of aliphatic hydroxyl groups is 2. The van der Waals surface area contributed by atoms with Gasteiger partial charge in [0.2, 0.25) is 5.91 Å². The average Bonchev–Trinajstić information content (AvgIpc) is 3.68. The molecule has 0 radical (unpaired) electrons. The number of fused-ring (bicyclic) bond motifs is 2. The van der Waals surface area contributed by atoms with Gasteiger partial charge in [-0.15, -0.1) is 5.10 Å². The van der Waals surface area contributed by atoms with Crippen LogP contribution in [0.5, 0.6) is 0 Å². The lowest BCUT2D eigenvalue weighted by Gasteiger charge is -2.31. The molecule has 0 bridgehead atoms. The number of carbonyl (C=O) groups is 2. The Bertz CT molecular complexity index is 1970.